The van der Waals surface area contributed by atoms with Gasteiger partial charge in [-0.15, -0.1) is 0 Å². The largest absolute Gasteiger partial charge is 0.439 e. The van der Waals surface area contributed by atoms with E-state index in [-0.39, 0.29) is 11.3 Å². The van der Waals surface area contributed by atoms with Crippen LogP contribution in [0.3, 0.4) is 0 Å². The number of nitrogens with zero attached hydrogens (tertiary/aromatic N) is 1. The lowest BCUT2D eigenvalue weighted by Crippen LogP contribution is -2.19. The van der Waals surface area contributed by atoms with Gasteiger partial charge in [0.15, 0.2) is 0 Å². The zero-order valence-electron chi connectivity index (χ0n) is 14.5. The highest BCUT2D eigenvalue weighted by Crippen LogP contribution is 2.22. The first kappa shape index (κ1) is 17.8. The van der Waals surface area contributed by atoms with Gasteiger partial charge in [-0.05, 0) is 47.9 Å². The number of fused-ring (bicyclic) bond motifs is 1. The van der Waals surface area contributed by atoms with Gasteiger partial charge in [-0.3, -0.25) is 9.59 Å². The lowest BCUT2D eigenvalue weighted by molar-refractivity contribution is 0.102. The molecule has 0 radical (unpaired) electrons. The number of halogens is 1. The second-order valence-corrected chi connectivity index (χ2v) is 6.43. The fourth-order valence-corrected chi connectivity index (χ4v) is 2.80. The van der Waals surface area contributed by atoms with Gasteiger partial charge in [0.1, 0.15) is 11.4 Å². The summed E-state index contributed by atoms with van der Waals surface area (Å²) in [6, 6.07) is 18.9. The second kappa shape index (κ2) is 7.54. The van der Waals surface area contributed by atoms with Crippen LogP contribution in [0.2, 0.25) is 5.02 Å². The fraction of sp³-hybridized carbons (Fsp3) is 0. The number of H-pyrrole nitrogens is 1. The van der Waals surface area contributed by atoms with Crippen LogP contribution in [-0.2, 0) is 0 Å². The Balaban J connectivity index is 1.49. The van der Waals surface area contributed by atoms with Crippen LogP contribution >= 0.6 is 11.6 Å². The number of hydrogen-bond acceptors (Lipinski definition) is 4. The van der Waals surface area contributed by atoms with Crippen molar-refractivity contribution in [1.29, 1.82) is 0 Å². The fourth-order valence-electron chi connectivity index (χ4n) is 2.67. The Morgan fingerprint density at radius 3 is 2.57 bits per heavy atom. The quantitative estimate of drug-likeness (QED) is 0.531. The zero-order valence-corrected chi connectivity index (χ0v) is 15.2. The highest BCUT2D eigenvalue weighted by Gasteiger charge is 2.10. The lowest BCUT2D eigenvalue weighted by atomic mass is 10.1. The number of amides is 1. The normalized spacial score (nSPS) is 10.6. The number of carbonyl (C=O) groups excluding carboxylic acids is 1. The van der Waals surface area contributed by atoms with Crippen molar-refractivity contribution in [1.82, 2.24) is 9.97 Å². The number of nitrogens with one attached hydrogen (secondary N) is 2. The molecular formula is C21H14ClN3O3. The molecule has 2 aromatic heterocycles. The van der Waals surface area contributed by atoms with Gasteiger partial charge < -0.3 is 15.0 Å². The number of rotatable bonds is 4. The van der Waals surface area contributed by atoms with Crippen molar-refractivity contribution in [2.45, 2.75) is 0 Å². The van der Waals surface area contributed by atoms with E-state index in [0.29, 0.717) is 33.1 Å². The predicted molar refractivity (Wildman–Crippen MR) is 108 cm³/mol. The number of ether oxygens (including phenoxy) is 1. The Kier molecular flexibility index (Phi) is 4.78. The Morgan fingerprint density at radius 2 is 1.82 bits per heavy atom. The van der Waals surface area contributed by atoms with Gasteiger partial charge in [-0.1, -0.05) is 29.8 Å². The highest BCUT2D eigenvalue weighted by atomic mass is 35.5. The standard InChI is InChI=1S/C21H14ClN3O3/c22-14-5-8-16(9-6-14)28-19-10-7-15(12-23-19)24-21(27)18-11-13-3-1-2-4-17(13)20(26)25-18/h1-12H,(H,24,27)(H,25,26). The molecule has 0 aliphatic heterocycles. The smallest absolute Gasteiger partial charge is 0.272 e. The van der Waals surface area contributed by atoms with Crippen LogP contribution in [-0.4, -0.2) is 15.9 Å². The molecule has 0 aliphatic carbocycles. The van der Waals surface area contributed by atoms with E-state index in [4.69, 9.17) is 16.3 Å². The molecule has 0 unspecified atom stereocenters. The molecule has 0 aliphatic rings. The number of carbonyl (C=O) groups is 1. The third-order valence-corrected chi connectivity index (χ3v) is 4.28. The maximum Gasteiger partial charge on any atom is 0.272 e. The van der Waals surface area contributed by atoms with Crippen LogP contribution in [0.25, 0.3) is 10.8 Å². The summed E-state index contributed by atoms with van der Waals surface area (Å²) in [6.07, 6.45) is 1.47. The van der Waals surface area contributed by atoms with E-state index >= 15 is 0 Å². The molecule has 0 bridgehead atoms. The summed E-state index contributed by atoms with van der Waals surface area (Å²) in [6.45, 7) is 0. The molecule has 2 heterocycles. The maximum atomic E-state index is 12.5. The monoisotopic (exact) mass is 391 g/mol. The Labute approximate surface area is 164 Å². The molecule has 4 aromatic rings. The minimum absolute atomic E-state index is 0.171. The van der Waals surface area contributed by atoms with Crippen molar-refractivity contribution in [2.24, 2.45) is 0 Å². The van der Waals surface area contributed by atoms with Crippen molar-refractivity contribution in [3.8, 4) is 11.6 Å². The number of aromatic nitrogens is 2. The Bertz CT molecular complexity index is 1200. The summed E-state index contributed by atoms with van der Waals surface area (Å²) >= 11 is 5.84. The number of pyridine rings is 2. The van der Waals surface area contributed by atoms with Gasteiger partial charge in [-0.25, -0.2) is 4.98 Å². The molecule has 0 fully saturated rings. The lowest BCUT2D eigenvalue weighted by Gasteiger charge is -2.08. The number of anilines is 1. The molecule has 1 amide bonds. The minimum Gasteiger partial charge on any atom is -0.439 e. The summed E-state index contributed by atoms with van der Waals surface area (Å²) in [5, 5.41) is 4.55. The van der Waals surface area contributed by atoms with E-state index in [9.17, 15) is 9.59 Å². The van der Waals surface area contributed by atoms with Crippen LogP contribution in [0, 0.1) is 0 Å². The van der Waals surface area contributed by atoms with E-state index in [0.717, 1.165) is 0 Å². The van der Waals surface area contributed by atoms with Crippen molar-refractivity contribution in [3.05, 3.63) is 94.0 Å². The summed E-state index contributed by atoms with van der Waals surface area (Å²) in [5.74, 6) is 0.540. The van der Waals surface area contributed by atoms with Gasteiger partial charge >= 0.3 is 0 Å². The molecule has 7 heteroatoms. The maximum absolute atomic E-state index is 12.5. The van der Waals surface area contributed by atoms with Crippen molar-refractivity contribution >= 4 is 34.0 Å². The molecule has 6 nitrogen and oxygen atoms in total. The van der Waals surface area contributed by atoms with Gasteiger partial charge in [0, 0.05) is 16.5 Å². The van der Waals surface area contributed by atoms with Gasteiger partial charge in [0.05, 0.1) is 11.9 Å². The topological polar surface area (TPSA) is 84.1 Å². The Hall–Kier alpha value is -3.64. The van der Waals surface area contributed by atoms with Crippen molar-refractivity contribution in [2.75, 3.05) is 5.32 Å². The first-order valence-corrected chi connectivity index (χ1v) is 8.79. The van der Waals surface area contributed by atoms with Crippen LogP contribution in [0.1, 0.15) is 10.5 Å². The highest BCUT2D eigenvalue weighted by molar-refractivity contribution is 6.30. The van der Waals surface area contributed by atoms with E-state index in [1.165, 1.54) is 6.20 Å². The molecule has 0 atom stereocenters. The van der Waals surface area contributed by atoms with Crippen LogP contribution in [0.4, 0.5) is 5.69 Å². The van der Waals surface area contributed by atoms with Crippen LogP contribution < -0.4 is 15.6 Å². The van der Waals surface area contributed by atoms with Crippen LogP contribution in [0.5, 0.6) is 11.6 Å². The number of hydrogen-bond donors (Lipinski definition) is 2. The number of aromatic amines is 1. The summed E-state index contributed by atoms with van der Waals surface area (Å²) in [5.41, 5.74) is 0.334. The van der Waals surface area contributed by atoms with E-state index in [1.54, 1.807) is 60.7 Å². The van der Waals surface area contributed by atoms with E-state index in [1.807, 2.05) is 6.07 Å². The molecule has 2 aromatic carbocycles. The molecule has 138 valence electrons. The molecule has 0 spiro atoms. The van der Waals surface area contributed by atoms with Gasteiger partial charge in [0.25, 0.3) is 11.5 Å². The van der Waals surface area contributed by atoms with Crippen LogP contribution in [0.15, 0.2) is 77.7 Å². The molecule has 4 rings (SSSR count). The molecular weight excluding hydrogens is 378 g/mol. The molecule has 2 N–H and O–H groups in total. The van der Waals surface area contributed by atoms with Crippen molar-refractivity contribution in [3.63, 3.8) is 0 Å². The van der Waals surface area contributed by atoms with E-state index < -0.39 is 5.91 Å². The first-order valence-electron chi connectivity index (χ1n) is 8.41. The summed E-state index contributed by atoms with van der Waals surface area (Å²) in [4.78, 5) is 31.4. The summed E-state index contributed by atoms with van der Waals surface area (Å²) < 4.78 is 5.61. The zero-order chi connectivity index (χ0) is 19.5. The average Bonchev–Trinajstić information content (AvgIpc) is 2.71. The predicted octanol–water partition coefficient (Wildman–Crippen LogP) is 4.62. The van der Waals surface area contributed by atoms with Gasteiger partial charge in [0.2, 0.25) is 5.88 Å². The minimum atomic E-state index is -0.434. The first-order chi connectivity index (χ1) is 13.6. The number of benzene rings is 2. The molecule has 0 saturated carbocycles. The molecule has 0 saturated heterocycles. The van der Waals surface area contributed by atoms with Crippen molar-refractivity contribution < 1.29 is 9.53 Å². The van der Waals surface area contributed by atoms with E-state index in [2.05, 4.69) is 15.3 Å². The Morgan fingerprint density at radius 1 is 1.04 bits per heavy atom. The molecule has 28 heavy (non-hydrogen) atoms. The summed E-state index contributed by atoms with van der Waals surface area (Å²) in [7, 11) is 0. The third-order valence-electron chi connectivity index (χ3n) is 4.03. The SMILES string of the molecule is O=C(Nc1ccc(Oc2ccc(Cl)cc2)nc1)c1cc2ccccc2c(=O)[nH]1. The third kappa shape index (κ3) is 3.87. The average molecular weight is 392 g/mol. The van der Waals surface area contributed by atoms with Gasteiger partial charge in [-0.2, -0.15) is 0 Å². The second-order valence-electron chi connectivity index (χ2n) is 5.99.